The number of carbonyl (C=O) groups excluding carboxylic acids is 3. The first-order chi connectivity index (χ1) is 12.2. The van der Waals surface area contributed by atoms with Crippen LogP contribution in [0.15, 0.2) is 54.6 Å². The Labute approximate surface area is 146 Å². The lowest BCUT2D eigenvalue weighted by Gasteiger charge is -2.15. The van der Waals surface area contributed by atoms with E-state index in [1.54, 1.807) is 53.4 Å². The van der Waals surface area contributed by atoms with Crippen molar-refractivity contribution in [3.8, 4) is 0 Å². The molecule has 0 aromatic heterocycles. The van der Waals surface area contributed by atoms with Crippen LogP contribution in [0.3, 0.4) is 0 Å². The highest BCUT2D eigenvalue weighted by Gasteiger charge is 2.22. The number of benzene rings is 2. The van der Waals surface area contributed by atoms with Crippen LogP contribution in [0.25, 0.3) is 0 Å². The molecule has 128 valence electrons. The molecule has 2 aromatic carbocycles. The fraction of sp³-hybridized carbons (Fsp3) is 0.250. The largest absolute Gasteiger partial charge is 0.452 e. The van der Waals surface area contributed by atoms with Gasteiger partial charge in [-0.05, 0) is 18.9 Å². The highest BCUT2D eigenvalue weighted by atomic mass is 16.5. The number of hydrogen-bond donors (Lipinski definition) is 0. The minimum absolute atomic E-state index is 0.172. The third kappa shape index (κ3) is 3.94. The van der Waals surface area contributed by atoms with Crippen LogP contribution in [-0.2, 0) is 9.53 Å². The summed E-state index contributed by atoms with van der Waals surface area (Å²) in [6.45, 7) is 1.12. The standard InChI is InChI=1S/C20H19NO4/c22-18(21-12-6-7-13-21)14-25-20(24)17-11-5-4-10-16(17)19(23)15-8-2-1-3-9-15/h1-5,8-11H,6-7,12-14H2. The molecular weight excluding hydrogens is 318 g/mol. The van der Waals surface area contributed by atoms with Crippen molar-refractivity contribution in [2.24, 2.45) is 0 Å². The number of esters is 1. The number of ether oxygens (including phenoxy) is 1. The van der Waals surface area contributed by atoms with Gasteiger partial charge in [-0.2, -0.15) is 0 Å². The average molecular weight is 337 g/mol. The number of likely N-dealkylation sites (tertiary alicyclic amines) is 1. The molecule has 5 nitrogen and oxygen atoms in total. The predicted molar refractivity (Wildman–Crippen MR) is 92.4 cm³/mol. The Morgan fingerprint density at radius 3 is 2.12 bits per heavy atom. The van der Waals surface area contributed by atoms with Crippen molar-refractivity contribution in [3.05, 3.63) is 71.3 Å². The first kappa shape index (κ1) is 16.9. The Morgan fingerprint density at radius 2 is 1.44 bits per heavy atom. The van der Waals surface area contributed by atoms with Gasteiger partial charge in [0.25, 0.3) is 5.91 Å². The van der Waals surface area contributed by atoms with Crippen LogP contribution in [0.2, 0.25) is 0 Å². The van der Waals surface area contributed by atoms with Crippen LogP contribution in [0.4, 0.5) is 0 Å². The van der Waals surface area contributed by atoms with Crippen molar-refractivity contribution < 1.29 is 19.1 Å². The quantitative estimate of drug-likeness (QED) is 0.622. The van der Waals surface area contributed by atoms with Crippen molar-refractivity contribution in [3.63, 3.8) is 0 Å². The first-order valence-corrected chi connectivity index (χ1v) is 8.30. The fourth-order valence-electron chi connectivity index (χ4n) is 2.87. The molecule has 0 bridgehead atoms. The minimum Gasteiger partial charge on any atom is -0.452 e. The second-order valence-electron chi connectivity index (χ2n) is 5.90. The molecule has 5 heteroatoms. The van der Waals surface area contributed by atoms with E-state index < -0.39 is 5.97 Å². The van der Waals surface area contributed by atoms with E-state index in [0.717, 1.165) is 12.8 Å². The number of carbonyl (C=O) groups is 3. The van der Waals surface area contributed by atoms with Gasteiger partial charge < -0.3 is 9.64 Å². The van der Waals surface area contributed by atoms with Crippen LogP contribution in [0.5, 0.6) is 0 Å². The SMILES string of the molecule is O=C(OCC(=O)N1CCCC1)c1ccccc1C(=O)c1ccccc1. The number of ketones is 1. The molecule has 0 N–H and O–H groups in total. The zero-order valence-corrected chi connectivity index (χ0v) is 13.8. The van der Waals surface area contributed by atoms with E-state index in [-0.39, 0.29) is 29.4 Å². The summed E-state index contributed by atoms with van der Waals surface area (Å²) in [5.74, 6) is -1.11. The maximum Gasteiger partial charge on any atom is 0.339 e. The van der Waals surface area contributed by atoms with Gasteiger partial charge in [0.05, 0.1) is 5.56 Å². The van der Waals surface area contributed by atoms with Gasteiger partial charge in [-0.1, -0.05) is 48.5 Å². The summed E-state index contributed by atoms with van der Waals surface area (Å²) in [5.41, 5.74) is 0.939. The lowest BCUT2D eigenvalue weighted by Crippen LogP contribution is -2.32. The highest BCUT2D eigenvalue weighted by Crippen LogP contribution is 2.16. The summed E-state index contributed by atoms with van der Waals surface area (Å²) in [4.78, 5) is 38.7. The van der Waals surface area contributed by atoms with E-state index in [1.807, 2.05) is 6.07 Å². The molecule has 1 fully saturated rings. The Balaban J connectivity index is 1.72. The third-order valence-corrected chi connectivity index (χ3v) is 4.21. The first-order valence-electron chi connectivity index (χ1n) is 8.30. The zero-order chi connectivity index (χ0) is 17.6. The van der Waals surface area contributed by atoms with Crippen molar-refractivity contribution in [1.29, 1.82) is 0 Å². The van der Waals surface area contributed by atoms with Crippen LogP contribution >= 0.6 is 0 Å². The van der Waals surface area contributed by atoms with Gasteiger partial charge in [-0.3, -0.25) is 9.59 Å². The number of amides is 1. The summed E-state index contributed by atoms with van der Waals surface area (Å²) in [5, 5.41) is 0. The molecule has 0 aliphatic carbocycles. The molecule has 1 aliphatic heterocycles. The summed E-state index contributed by atoms with van der Waals surface area (Å²) < 4.78 is 5.15. The Kier molecular flexibility index (Phi) is 5.23. The minimum atomic E-state index is -0.660. The Morgan fingerprint density at radius 1 is 0.840 bits per heavy atom. The van der Waals surface area contributed by atoms with Crippen LogP contribution in [-0.4, -0.2) is 42.3 Å². The molecule has 25 heavy (non-hydrogen) atoms. The summed E-state index contributed by atoms with van der Waals surface area (Å²) >= 11 is 0. The van der Waals surface area contributed by atoms with Gasteiger partial charge in [0, 0.05) is 24.2 Å². The molecule has 0 unspecified atom stereocenters. The summed E-state index contributed by atoms with van der Waals surface area (Å²) in [7, 11) is 0. The van der Waals surface area contributed by atoms with Gasteiger partial charge >= 0.3 is 5.97 Å². The summed E-state index contributed by atoms with van der Waals surface area (Å²) in [6, 6.07) is 15.2. The third-order valence-electron chi connectivity index (χ3n) is 4.21. The molecule has 0 radical (unpaired) electrons. The second kappa shape index (κ2) is 7.75. The van der Waals surface area contributed by atoms with Gasteiger partial charge in [0.2, 0.25) is 0 Å². The molecule has 1 heterocycles. The predicted octanol–water partition coefficient (Wildman–Crippen LogP) is 2.70. The Bertz CT molecular complexity index is 779. The van der Waals surface area contributed by atoms with Crippen LogP contribution in [0, 0.1) is 0 Å². The zero-order valence-electron chi connectivity index (χ0n) is 13.8. The van der Waals surface area contributed by atoms with Gasteiger partial charge in [0.15, 0.2) is 12.4 Å². The average Bonchev–Trinajstić information content (AvgIpc) is 3.21. The van der Waals surface area contributed by atoms with Crippen molar-refractivity contribution in [2.75, 3.05) is 19.7 Å². The number of nitrogens with zero attached hydrogens (tertiary/aromatic N) is 1. The molecule has 0 saturated carbocycles. The molecule has 1 amide bonds. The fourth-order valence-corrected chi connectivity index (χ4v) is 2.87. The van der Waals surface area contributed by atoms with Gasteiger partial charge in [0.1, 0.15) is 0 Å². The van der Waals surface area contributed by atoms with E-state index in [0.29, 0.717) is 18.7 Å². The smallest absolute Gasteiger partial charge is 0.339 e. The van der Waals surface area contributed by atoms with Crippen molar-refractivity contribution >= 4 is 17.7 Å². The van der Waals surface area contributed by atoms with Crippen molar-refractivity contribution in [1.82, 2.24) is 4.90 Å². The number of hydrogen-bond acceptors (Lipinski definition) is 4. The Hall–Kier alpha value is -2.95. The van der Waals surface area contributed by atoms with E-state index >= 15 is 0 Å². The van der Waals surface area contributed by atoms with Crippen LogP contribution < -0.4 is 0 Å². The monoisotopic (exact) mass is 337 g/mol. The maximum atomic E-state index is 12.6. The van der Waals surface area contributed by atoms with E-state index in [4.69, 9.17) is 4.74 Å². The van der Waals surface area contributed by atoms with Gasteiger partial charge in [-0.15, -0.1) is 0 Å². The maximum absolute atomic E-state index is 12.6. The topological polar surface area (TPSA) is 63.7 Å². The van der Waals surface area contributed by atoms with Crippen molar-refractivity contribution in [2.45, 2.75) is 12.8 Å². The van der Waals surface area contributed by atoms with E-state index in [9.17, 15) is 14.4 Å². The van der Waals surface area contributed by atoms with Gasteiger partial charge in [-0.25, -0.2) is 4.79 Å². The molecule has 0 atom stereocenters. The molecule has 1 aliphatic rings. The van der Waals surface area contributed by atoms with E-state index in [1.165, 1.54) is 0 Å². The summed E-state index contributed by atoms with van der Waals surface area (Å²) in [6.07, 6.45) is 1.96. The molecular formula is C20H19NO4. The highest BCUT2D eigenvalue weighted by molar-refractivity contribution is 6.14. The molecule has 1 saturated heterocycles. The van der Waals surface area contributed by atoms with E-state index in [2.05, 4.69) is 0 Å². The molecule has 0 spiro atoms. The molecule has 2 aromatic rings. The number of rotatable bonds is 5. The lowest BCUT2D eigenvalue weighted by molar-refractivity contribution is -0.133. The lowest BCUT2D eigenvalue weighted by atomic mass is 9.98. The van der Waals surface area contributed by atoms with Crippen LogP contribution in [0.1, 0.15) is 39.1 Å². The normalized spacial score (nSPS) is 13.5. The molecule has 3 rings (SSSR count). The second-order valence-corrected chi connectivity index (χ2v) is 5.90.